The number of rotatable bonds is 0. The molecule has 11 aromatic rings. The summed E-state index contributed by atoms with van der Waals surface area (Å²) in [6.07, 6.45) is 0. The van der Waals surface area contributed by atoms with Gasteiger partial charge >= 0.3 is 0 Å². The van der Waals surface area contributed by atoms with Gasteiger partial charge in [0.2, 0.25) is 22.9 Å². The van der Waals surface area contributed by atoms with E-state index in [2.05, 4.69) is 149 Å². The number of phenols is 2. The molecule has 378 valence electrons. The molecule has 0 fully saturated rings. The van der Waals surface area contributed by atoms with E-state index in [4.69, 9.17) is 37.6 Å². The summed E-state index contributed by atoms with van der Waals surface area (Å²) >= 11 is 0. The SMILES string of the molecule is CC(C)(C)c1cc2c(O)c(c1)c1nc3c(o1)c(C(C)(C)C)cc1cc(C(C)(C)C)c4oc(nc4c13)c1cc(C(C)(C)C)cc(c1O)c1nc3c(o1)c(C(C)(C)C)cc1cc(C(C)(C)C)c4oc2nc4c13.[Co].[Co]. The largest absolute Gasteiger partial charge is 0.506 e. The summed E-state index contributed by atoms with van der Waals surface area (Å²) in [5.41, 5.74) is 9.07. The second-order valence-electron chi connectivity index (χ2n) is 26.0. The van der Waals surface area contributed by atoms with E-state index < -0.39 is 0 Å². The molecule has 2 N–H and O–H groups in total. The molecule has 5 aromatic heterocycles. The van der Waals surface area contributed by atoms with Gasteiger partial charge in [0.05, 0.1) is 21.5 Å². The molecule has 72 heavy (non-hydrogen) atoms. The maximum absolute atomic E-state index is 12.8. The maximum atomic E-state index is 12.8. The summed E-state index contributed by atoms with van der Waals surface area (Å²) in [4.78, 5) is 21.4. The minimum Gasteiger partial charge on any atom is -0.506 e. The predicted molar refractivity (Wildman–Crippen MR) is 286 cm³/mol. The van der Waals surface area contributed by atoms with Crippen molar-refractivity contribution in [3.8, 4) is 11.5 Å². The van der Waals surface area contributed by atoms with Crippen LogP contribution in [0.4, 0.5) is 0 Å². The zero-order valence-corrected chi connectivity index (χ0v) is 46.7. The number of fused-ring (bicyclic) bond motifs is 12. The molecule has 0 spiro atoms. The molecular formula is C60H64Co2N4O6. The summed E-state index contributed by atoms with van der Waals surface area (Å²) in [5, 5.41) is 30.5. The van der Waals surface area contributed by atoms with Crippen LogP contribution in [-0.4, -0.2) is 30.1 Å². The van der Waals surface area contributed by atoms with Crippen LogP contribution in [0.2, 0.25) is 0 Å². The van der Waals surface area contributed by atoms with Crippen LogP contribution in [0.1, 0.15) is 158 Å². The standard InChI is InChI=1S/C60H64N4O6.2Co/c1-55(2,3)29-23-31-45(65)32(24-29)52-62-42-40-28(20-36(48(42)68-52)58(10,11)12)22-38(60(16,17)18)50-44(40)64-54(70-50)34-26-30(56(4,5)6)25-33(46(34)66)53-63-43-39-27(21-37(49(43)69-53)59(13,14)15)19-35(57(7,8)9)47-41(39)61-51(31)67-47;;/h19-26,65-66H,1-18H3;;. The summed E-state index contributed by atoms with van der Waals surface area (Å²) in [7, 11) is 0. The summed E-state index contributed by atoms with van der Waals surface area (Å²) in [6.45, 7) is 38.8. The molecule has 0 saturated heterocycles. The van der Waals surface area contributed by atoms with Gasteiger partial charge in [-0.15, -0.1) is 0 Å². The van der Waals surface area contributed by atoms with Crippen molar-refractivity contribution in [1.29, 1.82) is 0 Å². The number of benzene rings is 6. The molecule has 12 bridgehead atoms. The Labute approximate surface area is 439 Å². The molecule has 2 radical (unpaired) electrons. The molecule has 10 nitrogen and oxygen atoms in total. The van der Waals surface area contributed by atoms with Crippen molar-refractivity contribution in [2.75, 3.05) is 0 Å². The summed E-state index contributed by atoms with van der Waals surface area (Å²) < 4.78 is 28.0. The molecular weight excluding hydrogens is 991 g/mol. The van der Waals surface area contributed by atoms with E-state index in [1.54, 1.807) is 0 Å². The molecule has 11 rings (SSSR count). The van der Waals surface area contributed by atoms with E-state index in [9.17, 15) is 10.2 Å². The monoisotopic (exact) mass is 1050 g/mol. The van der Waals surface area contributed by atoms with Crippen molar-refractivity contribution in [2.24, 2.45) is 0 Å². The first-order valence-electron chi connectivity index (χ1n) is 24.5. The second-order valence-corrected chi connectivity index (χ2v) is 26.0. The first-order valence-corrected chi connectivity index (χ1v) is 24.5. The number of aromatic nitrogens is 4. The fourth-order valence-electron chi connectivity index (χ4n) is 10.2. The van der Waals surface area contributed by atoms with Gasteiger partial charge in [0, 0.05) is 66.6 Å². The van der Waals surface area contributed by atoms with E-state index >= 15 is 0 Å². The van der Waals surface area contributed by atoms with Gasteiger partial charge in [-0.25, -0.2) is 19.9 Å². The van der Waals surface area contributed by atoms with Crippen LogP contribution in [0.15, 0.2) is 66.2 Å². The van der Waals surface area contributed by atoms with E-state index in [1.807, 2.05) is 24.3 Å². The Kier molecular flexibility index (Phi) is 11.3. The van der Waals surface area contributed by atoms with Crippen molar-refractivity contribution in [3.63, 3.8) is 0 Å². The normalized spacial score (nSPS) is 13.6. The molecule has 12 heteroatoms. The fourth-order valence-corrected chi connectivity index (χ4v) is 10.2. The van der Waals surface area contributed by atoms with Crippen LogP contribution in [0.25, 0.3) is 110 Å². The van der Waals surface area contributed by atoms with Gasteiger partial charge in [-0.3, -0.25) is 0 Å². The maximum Gasteiger partial charge on any atom is 0.231 e. The van der Waals surface area contributed by atoms with Crippen LogP contribution in [0.5, 0.6) is 11.5 Å². The summed E-state index contributed by atoms with van der Waals surface area (Å²) in [6, 6.07) is 16.6. The van der Waals surface area contributed by atoms with Gasteiger partial charge < -0.3 is 27.9 Å². The van der Waals surface area contributed by atoms with E-state index in [-0.39, 0.29) is 100 Å². The van der Waals surface area contributed by atoms with Crippen LogP contribution in [-0.2, 0) is 66.0 Å². The third kappa shape index (κ3) is 7.76. The van der Waals surface area contributed by atoms with Crippen molar-refractivity contribution in [2.45, 2.75) is 157 Å². The Morgan fingerprint density at radius 2 is 0.528 bits per heavy atom. The van der Waals surface area contributed by atoms with Crippen molar-refractivity contribution < 1.29 is 61.4 Å². The number of phenolic OH excluding ortho intramolecular Hbond substituents is 2. The van der Waals surface area contributed by atoms with Gasteiger partial charge in [-0.2, -0.15) is 0 Å². The van der Waals surface area contributed by atoms with Gasteiger partial charge in [0.15, 0.2) is 22.3 Å². The molecule has 0 atom stereocenters. The van der Waals surface area contributed by atoms with Crippen molar-refractivity contribution in [3.05, 3.63) is 81.9 Å². The molecule has 0 aliphatic carbocycles. The topological polar surface area (TPSA) is 145 Å². The van der Waals surface area contributed by atoms with Crippen LogP contribution in [0.3, 0.4) is 0 Å². The van der Waals surface area contributed by atoms with Gasteiger partial charge in [-0.1, -0.05) is 125 Å². The zero-order chi connectivity index (χ0) is 50.5. The average Bonchev–Trinajstić information content (AvgIpc) is 4.04. The molecule has 0 amide bonds. The average molecular weight is 1060 g/mol. The quantitative estimate of drug-likeness (QED) is 0.151. The molecule has 6 aromatic carbocycles. The number of hydrogen-bond acceptors (Lipinski definition) is 10. The molecule has 0 aliphatic rings. The van der Waals surface area contributed by atoms with Crippen LogP contribution >= 0.6 is 0 Å². The van der Waals surface area contributed by atoms with Crippen molar-refractivity contribution in [1.82, 2.24) is 19.9 Å². The number of aromatic hydroxyl groups is 2. The second kappa shape index (κ2) is 15.9. The molecule has 0 saturated carbocycles. The smallest absolute Gasteiger partial charge is 0.231 e. The Hall–Kier alpha value is -5.67. The third-order valence-electron chi connectivity index (χ3n) is 14.3. The van der Waals surface area contributed by atoms with Crippen LogP contribution in [0, 0.1) is 0 Å². The molecule has 0 aliphatic heterocycles. The van der Waals surface area contributed by atoms with E-state index in [0.29, 0.717) is 65.9 Å². The van der Waals surface area contributed by atoms with Gasteiger partial charge in [-0.05, 0) is 103 Å². The first kappa shape index (κ1) is 51.2. The Balaban J connectivity index is 0.00000320. The first-order chi connectivity index (χ1) is 32.3. The Morgan fingerprint density at radius 1 is 0.319 bits per heavy atom. The zero-order valence-electron chi connectivity index (χ0n) is 44.6. The predicted octanol–water partition coefficient (Wildman–Crippen LogP) is 16.9. The van der Waals surface area contributed by atoms with Crippen LogP contribution < -0.4 is 0 Å². The summed E-state index contributed by atoms with van der Waals surface area (Å²) in [5.74, 6) is -0.139. The van der Waals surface area contributed by atoms with Crippen molar-refractivity contribution >= 4 is 110 Å². The number of nitrogens with zero attached hydrogens (tertiary/aromatic N) is 4. The number of hydrogen-bond donors (Lipinski definition) is 2. The Bertz CT molecular complexity index is 3640. The minimum atomic E-state index is -0.373. The fraction of sp³-hybridized carbons (Fsp3) is 0.400. The van der Waals surface area contributed by atoms with Gasteiger partial charge in [0.1, 0.15) is 33.6 Å². The Morgan fingerprint density at radius 3 is 0.708 bits per heavy atom. The van der Waals surface area contributed by atoms with E-state index in [1.165, 1.54) is 0 Å². The third-order valence-corrected chi connectivity index (χ3v) is 14.3. The molecule has 5 heterocycles. The minimum absolute atomic E-state index is 0. The molecule has 0 unspecified atom stereocenters. The van der Waals surface area contributed by atoms with Gasteiger partial charge in [0.25, 0.3) is 0 Å². The van der Waals surface area contributed by atoms with E-state index in [0.717, 1.165) is 54.9 Å². The number of oxazole rings is 4.